The number of carbonyl (C=O) groups is 1. The number of hydrogen-bond donors (Lipinski definition) is 0. The Kier molecular flexibility index (Phi) is 4.07. The number of halogens is 4. The summed E-state index contributed by atoms with van der Waals surface area (Å²) in [6, 6.07) is 4.33. The number of ether oxygens (including phenoxy) is 1. The lowest BCUT2D eigenvalue weighted by Crippen LogP contribution is -2.08. The molecule has 1 aromatic heterocycles. The van der Waals surface area contributed by atoms with E-state index in [0.29, 0.717) is 0 Å². The van der Waals surface area contributed by atoms with E-state index in [1.54, 1.807) is 6.07 Å². The molecule has 0 N–H and O–H groups in total. The molecule has 18 heavy (non-hydrogen) atoms. The van der Waals surface area contributed by atoms with Gasteiger partial charge in [-0.15, -0.1) is 0 Å². The van der Waals surface area contributed by atoms with Crippen LogP contribution in [0.5, 0.6) is 5.75 Å². The van der Waals surface area contributed by atoms with Crippen molar-refractivity contribution < 1.29 is 13.9 Å². The summed E-state index contributed by atoms with van der Waals surface area (Å²) in [7, 11) is 0. The summed E-state index contributed by atoms with van der Waals surface area (Å²) in [5.41, 5.74) is 0. The second-order valence-electron chi connectivity index (χ2n) is 3.16. The fourth-order valence-electron chi connectivity index (χ4n) is 1.18. The Morgan fingerprint density at radius 3 is 2.44 bits per heavy atom. The van der Waals surface area contributed by atoms with Crippen molar-refractivity contribution >= 4 is 52.4 Å². The van der Waals surface area contributed by atoms with Crippen LogP contribution < -0.4 is 4.74 Å². The van der Waals surface area contributed by atoms with Gasteiger partial charge in [-0.3, -0.25) is 0 Å². The van der Waals surface area contributed by atoms with Gasteiger partial charge in [-0.1, -0.05) is 46.4 Å². The summed E-state index contributed by atoms with van der Waals surface area (Å²) < 4.78 is 9.90. The van der Waals surface area contributed by atoms with Crippen LogP contribution in [-0.2, 0) is 0 Å². The maximum Gasteiger partial charge on any atom is 0.379 e. The molecule has 2 rings (SSSR count). The van der Waals surface area contributed by atoms with E-state index in [1.807, 2.05) is 0 Å². The third-order valence-electron chi connectivity index (χ3n) is 1.99. The SMILES string of the molecule is O=C(Oc1c(Cl)cc(Cl)c(Cl)c1Cl)c1ccco1. The van der Waals surface area contributed by atoms with Gasteiger partial charge >= 0.3 is 5.97 Å². The summed E-state index contributed by atoms with van der Waals surface area (Å²) in [6.45, 7) is 0. The fourth-order valence-corrected chi connectivity index (χ4v) is 2.16. The topological polar surface area (TPSA) is 39.4 Å². The maximum atomic E-state index is 11.7. The van der Waals surface area contributed by atoms with Gasteiger partial charge in [-0.05, 0) is 18.2 Å². The third kappa shape index (κ3) is 2.59. The lowest BCUT2D eigenvalue weighted by Gasteiger charge is -2.09. The highest BCUT2D eigenvalue weighted by molar-refractivity contribution is 6.50. The van der Waals surface area contributed by atoms with Crippen LogP contribution in [0, 0.1) is 0 Å². The quantitative estimate of drug-likeness (QED) is 0.333. The van der Waals surface area contributed by atoms with Crippen LogP contribution in [0.25, 0.3) is 0 Å². The van der Waals surface area contributed by atoms with Crippen molar-refractivity contribution in [1.82, 2.24) is 0 Å². The molecule has 0 unspecified atom stereocenters. The summed E-state index contributed by atoms with van der Waals surface area (Å²) >= 11 is 23.4. The van der Waals surface area contributed by atoms with Crippen LogP contribution in [-0.4, -0.2) is 5.97 Å². The highest BCUT2D eigenvalue weighted by Crippen LogP contribution is 2.42. The van der Waals surface area contributed by atoms with E-state index in [0.717, 1.165) is 0 Å². The van der Waals surface area contributed by atoms with E-state index < -0.39 is 5.97 Å². The largest absolute Gasteiger partial charge is 0.457 e. The summed E-state index contributed by atoms with van der Waals surface area (Å²) in [4.78, 5) is 11.7. The predicted molar refractivity (Wildman–Crippen MR) is 70.1 cm³/mol. The first kappa shape index (κ1) is 13.6. The van der Waals surface area contributed by atoms with Gasteiger partial charge in [0.05, 0.1) is 21.3 Å². The molecule has 94 valence electrons. The molecule has 0 aliphatic heterocycles. The Morgan fingerprint density at radius 1 is 1.11 bits per heavy atom. The van der Waals surface area contributed by atoms with Crippen LogP contribution in [0.4, 0.5) is 0 Å². The number of furan rings is 1. The van der Waals surface area contributed by atoms with Crippen LogP contribution >= 0.6 is 46.4 Å². The zero-order chi connectivity index (χ0) is 13.3. The minimum atomic E-state index is -0.734. The van der Waals surface area contributed by atoms with E-state index in [-0.39, 0.29) is 31.6 Å². The Hall–Kier alpha value is -0.870. The lowest BCUT2D eigenvalue weighted by atomic mass is 10.3. The van der Waals surface area contributed by atoms with Gasteiger partial charge in [-0.25, -0.2) is 4.79 Å². The fraction of sp³-hybridized carbons (Fsp3) is 0. The average Bonchev–Trinajstić information content (AvgIpc) is 2.85. The Balaban J connectivity index is 2.35. The number of benzene rings is 1. The molecular formula is C11H4Cl4O3. The first-order valence-corrected chi connectivity index (χ1v) is 6.10. The summed E-state index contributed by atoms with van der Waals surface area (Å²) in [5.74, 6) is -0.774. The Bertz CT molecular complexity index is 593. The molecule has 0 aliphatic rings. The predicted octanol–water partition coefficient (Wildman–Crippen LogP) is 5.11. The summed E-state index contributed by atoms with van der Waals surface area (Å²) in [5, 5.41) is 0.276. The molecule has 1 aromatic carbocycles. The molecular weight excluding hydrogens is 322 g/mol. The van der Waals surface area contributed by atoms with Crippen molar-refractivity contribution in [3.63, 3.8) is 0 Å². The molecule has 1 heterocycles. The van der Waals surface area contributed by atoms with Gasteiger partial charge in [0.15, 0.2) is 5.75 Å². The monoisotopic (exact) mass is 324 g/mol. The van der Waals surface area contributed by atoms with Crippen LogP contribution in [0.15, 0.2) is 28.9 Å². The van der Waals surface area contributed by atoms with Crippen molar-refractivity contribution in [1.29, 1.82) is 0 Å². The third-order valence-corrected chi connectivity index (χ3v) is 3.51. The number of hydrogen-bond acceptors (Lipinski definition) is 3. The van der Waals surface area contributed by atoms with E-state index >= 15 is 0 Å². The Morgan fingerprint density at radius 2 is 1.83 bits per heavy atom. The van der Waals surface area contributed by atoms with Gasteiger partial charge in [0.25, 0.3) is 0 Å². The lowest BCUT2D eigenvalue weighted by molar-refractivity contribution is 0.0701. The molecule has 0 fully saturated rings. The standard InChI is InChI=1S/C11H4Cl4O3/c12-5-4-6(13)10(9(15)8(5)14)18-11(16)7-2-1-3-17-7/h1-4H. The second kappa shape index (κ2) is 5.41. The molecule has 0 saturated heterocycles. The van der Waals surface area contributed by atoms with E-state index in [2.05, 4.69) is 0 Å². The zero-order valence-corrected chi connectivity index (χ0v) is 11.6. The molecule has 0 atom stereocenters. The normalized spacial score (nSPS) is 10.4. The highest BCUT2D eigenvalue weighted by atomic mass is 35.5. The highest BCUT2D eigenvalue weighted by Gasteiger charge is 2.20. The maximum absolute atomic E-state index is 11.7. The van der Waals surface area contributed by atoms with Gasteiger partial charge in [0.1, 0.15) is 5.02 Å². The zero-order valence-electron chi connectivity index (χ0n) is 8.55. The Labute approximate surface area is 122 Å². The molecule has 0 radical (unpaired) electrons. The number of esters is 1. The summed E-state index contributed by atoms with van der Waals surface area (Å²) in [6.07, 6.45) is 1.34. The molecule has 0 amide bonds. The first-order chi connectivity index (χ1) is 8.50. The molecule has 0 spiro atoms. The van der Waals surface area contributed by atoms with Gasteiger partial charge in [0, 0.05) is 0 Å². The van der Waals surface area contributed by atoms with E-state index in [4.69, 9.17) is 55.6 Å². The van der Waals surface area contributed by atoms with Crippen molar-refractivity contribution in [3.05, 3.63) is 50.3 Å². The van der Waals surface area contributed by atoms with Crippen molar-refractivity contribution in [2.45, 2.75) is 0 Å². The minimum absolute atomic E-state index is 0.0215. The number of rotatable bonds is 2. The molecule has 3 nitrogen and oxygen atoms in total. The smallest absolute Gasteiger partial charge is 0.379 e. The number of carbonyl (C=O) groups excluding carboxylic acids is 1. The average molecular weight is 326 g/mol. The second-order valence-corrected chi connectivity index (χ2v) is 4.73. The van der Waals surface area contributed by atoms with Crippen LogP contribution in [0.3, 0.4) is 0 Å². The van der Waals surface area contributed by atoms with Crippen molar-refractivity contribution in [3.8, 4) is 5.75 Å². The van der Waals surface area contributed by atoms with Crippen LogP contribution in [0.1, 0.15) is 10.6 Å². The first-order valence-electron chi connectivity index (χ1n) is 4.59. The molecule has 0 saturated carbocycles. The van der Waals surface area contributed by atoms with Gasteiger partial charge in [0.2, 0.25) is 5.76 Å². The molecule has 0 bridgehead atoms. The van der Waals surface area contributed by atoms with Gasteiger partial charge in [-0.2, -0.15) is 0 Å². The van der Waals surface area contributed by atoms with Gasteiger partial charge < -0.3 is 9.15 Å². The van der Waals surface area contributed by atoms with E-state index in [9.17, 15) is 4.79 Å². The van der Waals surface area contributed by atoms with Crippen LogP contribution in [0.2, 0.25) is 20.1 Å². The minimum Gasteiger partial charge on any atom is -0.457 e. The molecule has 7 heteroatoms. The van der Waals surface area contributed by atoms with Crippen molar-refractivity contribution in [2.75, 3.05) is 0 Å². The molecule has 2 aromatic rings. The van der Waals surface area contributed by atoms with E-state index in [1.165, 1.54) is 18.4 Å². The van der Waals surface area contributed by atoms with Crippen molar-refractivity contribution in [2.24, 2.45) is 0 Å². The molecule has 0 aliphatic carbocycles.